The molecule has 2 aromatic rings. The molecular weight excluding hydrogens is 332 g/mol. The lowest BCUT2D eigenvalue weighted by Gasteiger charge is -2.06. The smallest absolute Gasteiger partial charge is 0.250 e. The van der Waals surface area contributed by atoms with E-state index in [9.17, 15) is 9.59 Å². The molecule has 0 saturated heterocycles. The highest BCUT2D eigenvalue weighted by Gasteiger charge is 2.43. The standard InChI is InChI=1S/C16H15BrN2O2/c1-19-9-12(6-7-15(19)20)18-16(21)14-8-13(14)10-2-4-11(17)5-3-10/h2-7,9,13-14H,8H2,1H3,(H,18,21)/t13-,14+/m1/s1. The number of aromatic nitrogens is 1. The lowest BCUT2D eigenvalue weighted by atomic mass is 10.1. The number of aryl methyl sites for hydroxylation is 1. The molecule has 1 amide bonds. The van der Waals surface area contributed by atoms with Gasteiger partial charge in [0.25, 0.3) is 0 Å². The van der Waals surface area contributed by atoms with Crippen molar-refractivity contribution < 1.29 is 4.79 Å². The monoisotopic (exact) mass is 346 g/mol. The summed E-state index contributed by atoms with van der Waals surface area (Å²) in [4.78, 5) is 23.5. The number of pyridine rings is 1. The van der Waals surface area contributed by atoms with Gasteiger partial charge in [-0.1, -0.05) is 28.1 Å². The molecule has 1 fully saturated rings. The number of rotatable bonds is 3. The summed E-state index contributed by atoms with van der Waals surface area (Å²) in [7, 11) is 1.67. The van der Waals surface area contributed by atoms with Crippen molar-refractivity contribution in [2.75, 3.05) is 5.32 Å². The number of carbonyl (C=O) groups is 1. The van der Waals surface area contributed by atoms with Crippen molar-refractivity contribution in [1.82, 2.24) is 4.57 Å². The fourth-order valence-corrected chi connectivity index (χ4v) is 2.73. The van der Waals surface area contributed by atoms with Crippen LogP contribution in [-0.2, 0) is 11.8 Å². The summed E-state index contributed by atoms with van der Waals surface area (Å²) in [5, 5.41) is 2.88. The molecule has 1 aliphatic rings. The Labute approximate surface area is 130 Å². The topological polar surface area (TPSA) is 51.1 Å². The Morgan fingerprint density at radius 3 is 2.62 bits per heavy atom. The minimum Gasteiger partial charge on any atom is -0.325 e. The van der Waals surface area contributed by atoms with E-state index in [0.717, 1.165) is 10.9 Å². The fourth-order valence-electron chi connectivity index (χ4n) is 2.47. The number of nitrogens with zero attached hydrogens (tertiary/aromatic N) is 1. The number of nitrogens with one attached hydrogen (secondary N) is 1. The van der Waals surface area contributed by atoms with Crippen LogP contribution in [0.4, 0.5) is 5.69 Å². The first kappa shape index (κ1) is 14.1. The lowest BCUT2D eigenvalue weighted by molar-refractivity contribution is -0.117. The van der Waals surface area contributed by atoms with E-state index in [4.69, 9.17) is 0 Å². The summed E-state index contributed by atoms with van der Waals surface area (Å²) in [6.45, 7) is 0. The summed E-state index contributed by atoms with van der Waals surface area (Å²) >= 11 is 3.41. The molecule has 0 bridgehead atoms. The Kier molecular flexibility index (Phi) is 3.68. The van der Waals surface area contributed by atoms with E-state index < -0.39 is 0 Å². The number of hydrogen-bond acceptors (Lipinski definition) is 2. The molecule has 2 atom stereocenters. The lowest BCUT2D eigenvalue weighted by Crippen LogP contribution is -2.19. The van der Waals surface area contributed by atoms with Crippen LogP contribution in [0.1, 0.15) is 17.9 Å². The van der Waals surface area contributed by atoms with E-state index in [-0.39, 0.29) is 17.4 Å². The summed E-state index contributed by atoms with van der Waals surface area (Å²) in [5.41, 5.74) is 1.76. The molecule has 0 radical (unpaired) electrons. The first-order valence-corrected chi connectivity index (χ1v) is 7.57. The molecule has 1 aromatic heterocycles. The van der Waals surface area contributed by atoms with Gasteiger partial charge in [0, 0.05) is 29.7 Å². The van der Waals surface area contributed by atoms with Gasteiger partial charge in [-0.25, -0.2) is 0 Å². The second kappa shape index (κ2) is 5.48. The average Bonchev–Trinajstić information content (AvgIpc) is 3.24. The van der Waals surface area contributed by atoms with Gasteiger partial charge in [0.1, 0.15) is 0 Å². The van der Waals surface area contributed by atoms with Gasteiger partial charge in [0.05, 0.1) is 5.69 Å². The van der Waals surface area contributed by atoms with Gasteiger partial charge in [0.15, 0.2) is 0 Å². The van der Waals surface area contributed by atoms with Crippen molar-refractivity contribution in [2.24, 2.45) is 13.0 Å². The molecule has 1 aliphatic carbocycles. The van der Waals surface area contributed by atoms with Crippen LogP contribution in [0, 0.1) is 5.92 Å². The third-order valence-electron chi connectivity index (χ3n) is 3.78. The van der Waals surface area contributed by atoms with Crippen molar-refractivity contribution in [3.8, 4) is 0 Å². The van der Waals surface area contributed by atoms with Crippen LogP contribution in [0.15, 0.2) is 51.9 Å². The van der Waals surface area contributed by atoms with Crippen molar-refractivity contribution in [3.05, 3.63) is 63.0 Å². The van der Waals surface area contributed by atoms with Gasteiger partial charge in [-0.15, -0.1) is 0 Å². The number of benzene rings is 1. The highest BCUT2D eigenvalue weighted by atomic mass is 79.9. The zero-order valence-electron chi connectivity index (χ0n) is 11.5. The molecule has 1 aromatic carbocycles. The van der Waals surface area contributed by atoms with Crippen LogP contribution in [0.3, 0.4) is 0 Å². The van der Waals surface area contributed by atoms with E-state index in [1.165, 1.54) is 16.2 Å². The maximum absolute atomic E-state index is 12.2. The average molecular weight is 347 g/mol. The third-order valence-corrected chi connectivity index (χ3v) is 4.31. The zero-order valence-corrected chi connectivity index (χ0v) is 13.1. The first-order chi connectivity index (χ1) is 10.0. The molecular formula is C16H15BrN2O2. The molecule has 21 heavy (non-hydrogen) atoms. The maximum atomic E-state index is 12.2. The van der Waals surface area contributed by atoms with Crippen LogP contribution in [0.25, 0.3) is 0 Å². The quantitative estimate of drug-likeness (QED) is 0.928. The van der Waals surface area contributed by atoms with Crippen LogP contribution in [0.2, 0.25) is 0 Å². The Hall–Kier alpha value is -1.88. The Morgan fingerprint density at radius 2 is 1.95 bits per heavy atom. The molecule has 0 spiro atoms. The molecule has 1 saturated carbocycles. The van der Waals surface area contributed by atoms with Gasteiger partial charge in [-0.2, -0.15) is 0 Å². The minimum absolute atomic E-state index is 0.0153. The summed E-state index contributed by atoms with van der Waals surface area (Å²) in [6.07, 6.45) is 2.51. The van der Waals surface area contributed by atoms with Gasteiger partial charge in [0.2, 0.25) is 11.5 Å². The second-order valence-electron chi connectivity index (χ2n) is 5.36. The van der Waals surface area contributed by atoms with Crippen LogP contribution in [0.5, 0.6) is 0 Å². The largest absolute Gasteiger partial charge is 0.325 e. The third kappa shape index (κ3) is 3.08. The van der Waals surface area contributed by atoms with Crippen molar-refractivity contribution in [3.63, 3.8) is 0 Å². The van der Waals surface area contributed by atoms with E-state index in [1.807, 2.05) is 24.3 Å². The van der Waals surface area contributed by atoms with Crippen molar-refractivity contribution >= 4 is 27.5 Å². The summed E-state index contributed by atoms with van der Waals surface area (Å²) in [6, 6.07) is 11.2. The minimum atomic E-state index is -0.0906. The van der Waals surface area contributed by atoms with Crippen LogP contribution >= 0.6 is 15.9 Å². The first-order valence-electron chi connectivity index (χ1n) is 6.77. The maximum Gasteiger partial charge on any atom is 0.250 e. The Balaban J connectivity index is 1.66. The highest BCUT2D eigenvalue weighted by Crippen LogP contribution is 2.48. The molecule has 1 N–H and O–H groups in total. The van der Waals surface area contributed by atoms with E-state index in [1.54, 1.807) is 19.3 Å². The number of halogens is 1. The molecule has 1 heterocycles. The zero-order chi connectivity index (χ0) is 15.0. The van der Waals surface area contributed by atoms with E-state index >= 15 is 0 Å². The molecule has 3 rings (SSSR count). The Morgan fingerprint density at radius 1 is 1.24 bits per heavy atom. The van der Waals surface area contributed by atoms with Gasteiger partial charge >= 0.3 is 0 Å². The van der Waals surface area contributed by atoms with Gasteiger partial charge < -0.3 is 9.88 Å². The fraction of sp³-hybridized carbons (Fsp3) is 0.250. The second-order valence-corrected chi connectivity index (χ2v) is 6.27. The number of carbonyl (C=O) groups excluding carboxylic acids is 1. The normalized spacial score (nSPS) is 20.1. The predicted octanol–water partition coefficient (Wildman–Crippen LogP) is 2.89. The van der Waals surface area contributed by atoms with E-state index in [0.29, 0.717) is 11.6 Å². The highest BCUT2D eigenvalue weighted by molar-refractivity contribution is 9.10. The number of hydrogen-bond donors (Lipinski definition) is 1. The van der Waals surface area contributed by atoms with Gasteiger partial charge in [-0.3, -0.25) is 9.59 Å². The molecule has 0 aliphatic heterocycles. The molecule has 108 valence electrons. The Bertz CT molecular complexity index is 737. The predicted molar refractivity (Wildman–Crippen MR) is 85.3 cm³/mol. The van der Waals surface area contributed by atoms with Gasteiger partial charge in [-0.05, 0) is 36.1 Å². The summed E-state index contributed by atoms with van der Waals surface area (Å²) in [5.74, 6) is 0.329. The molecule has 0 unspecified atom stereocenters. The van der Waals surface area contributed by atoms with Crippen LogP contribution in [-0.4, -0.2) is 10.5 Å². The summed E-state index contributed by atoms with van der Waals surface area (Å²) < 4.78 is 2.49. The number of anilines is 1. The number of amides is 1. The van der Waals surface area contributed by atoms with Crippen molar-refractivity contribution in [2.45, 2.75) is 12.3 Å². The van der Waals surface area contributed by atoms with Crippen LogP contribution < -0.4 is 10.9 Å². The SMILES string of the molecule is Cn1cc(NC(=O)[C@H]2C[C@@H]2c2ccc(Br)cc2)ccc1=O. The molecule has 5 heteroatoms. The van der Waals surface area contributed by atoms with E-state index in [2.05, 4.69) is 21.2 Å². The van der Waals surface area contributed by atoms with Crippen molar-refractivity contribution in [1.29, 1.82) is 0 Å². The molecule has 4 nitrogen and oxygen atoms in total.